The zero-order chi connectivity index (χ0) is 8.10. The topological polar surface area (TPSA) is 26.3 Å². The highest BCUT2D eigenvalue weighted by Gasteiger charge is 2.11. The van der Waals surface area contributed by atoms with Gasteiger partial charge in [-0.25, -0.2) is 4.79 Å². The molecule has 0 N–H and O–H groups in total. The molecule has 1 aliphatic carbocycles. The van der Waals surface area contributed by atoms with Crippen LogP contribution in [0.15, 0.2) is 0 Å². The number of hydrogen-bond donors (Lipinski definition) is 0. The van der Waals surface area contributed by atoms with Crippen LogP contribution in [-0.2, 0) is 9.53 Å². The fourth-order valence-electron chi connectivity index (χ4n) is 1.28. The van der Waals surface area contributed by atoms with E-state index in [-0.39, 0.29) is 0 Å². The maximum absolute atomic E-state index is 10.6. The van der Waals surface area contributed by atoms with Crippen molar-refractivity contribution in [3.63, 3.8) is 0 Å². The van der Waals surface area contributed by atoms with Crippen molar-refractivity contribution in [1.29, 1.82) is 0 Å². The van der Waals surface area contributed by atoms with Gasteiger partial charge in [-0.3, -0.25) is 0 Å². The van der Waals surface area contributed by atoms with Crippen LogP contribution in [0.3, 0.4) is 0 Å². The maximum atomic E-state index is 10.6. The van der Waals surface area contributed by atoms with Crippen LogP contribution in [0.5, 0.6) is 0 Å². The first-order valence-corrected chi connectivity index (χ1v) is 3.92. The molecule has 1 saturated carbocycles. The van der Waals surface area contributed by atoms with Crippen LogP contribution in [0.2, 0.25) is 0 Å². The second-order valence-corrected chi connectivity index (χ2v) is 2.74. The molecule has 1 rings (SSSR count). The fourth-order valence-corrected chi connectivity index (χ4v) is 1.28. The van der Waals surface area contributed by atoms with Crippen LogP contribution in [0, 0.1) is 17.8 Å². The third kappa shape index (κ3) is 2.63. The summed E-state index contributed by atoms with van der Waals surface area (Å²) in [6.07, 6.45) is 4.79. The van der Waals surface area contributed by atoms with Crippen molar-refractivity contribution in [2.45, 2.75) is 25.7 Å². The fraction of sp³-hybridized carbons (Fsp3) is 0.667. The molecule has 0 saturated heterocycles. The van der Waals surface area contributed by atoms with Crippen LogP contribution in [-0.4, -0.2) is 13.1 Å². The Bertz CT molecular complexity index is 191. The SMILES string of the molecule is COC(=O)C#CC1CCCC1. The van der Waals surface area contributed by atoms with E-state index in [0.717, 1.165) is 12.8 Å². The first-order valence-electron chi connectivity index (χ1n) is 3.92. The van der Waals surface area contributed by atoms with Gasteiger partial charge in [0.15, 0.2) is 0 Å². The second kappa shape index (κ2) is 4.02. The molecule has 0 radical (unpaired) electrons. The molecule has 0 unspecified atom stereocenters. The molecule has 0 spiro atoms. The van der Waals surface area contributed by atoms with Crippen molar-refractivity contribution in [1.82, 2.24) is 0 Å². The van der Waals surface area contributed by atoms with Crippen molar-refractivity contribution >= 4 is 5.97 Å². The molecule has 0 aromatic rings. The van der Waals surface area contributed by atoms with Crippen molar-refractivity contribution in [2.24, 2.45) is 5.92 Å². The predicted octanol–water partition coefficient (Wildman–Crippen LogP) is 1.35. The molecule has 1 fully saturated rings. The Morgan fingerprint density at radius 3 is 2.64 bits per heavy atom. The van der Waals surface area contributed by atoms with E-state index in [9.17, 15) is 4.79 Å². The van der Waals surface area contributed by atoms with Crippen LogP contribution in [0.25, 0.3) is 0 Å². The number of esters is 1. The summed E-state index contributed by atoms with van der Waals surface area (Å²) in [6, 6.07) is 0. The van der Waals surface area contributed by atoms with E-state index in [1.54, 1.807) is 0 Å². The van der Waals surface area contributed by atoms with Crippen molar-refractivity contribution in [3.8, 4) is 11.8 Å². The highest BCUT2D eigenvalue weighted by molar-refractivity contribution is 5.88. The van der Waals surface area contributed by atoms with Gasteiger partial charge >= 0.3 is 5.97 Å². The lowest BCUT2D eigenvalue weighted by atomic mass is 10.1. The number of rotatable bonds is 0. The van der Waals surface area contributed by atoms with E-state index in [1.807, 2.05) is 0 Å². The molecule has 0 aromatic heterocycles. The van der Waals surface area contributed by atoms with Gasteiger partial charge in [0.2, 0.25) is 0 Å². The number of hydrogen-bond acceptors (Lipinski definition) is 2. The van der Waals surface area contributed by atoms with E-state index >= 15 is 0 Å². The summed E-state index contributed by atoms with van der Waals surface area (Å²) in [6.45, 7) is 0. The Kier molecular flexibility index (Phi) is 2.97. The lowest BCUT2D eigenvalue weighted by Gasteiger charge is -1.93. The largest absolute Gasteiger partial charge is 0.459 e. The van der Waals surface area contributed by atoms with Crippen molar-refractivity contribution in [2.75, 3.05) is 7.11 Å². The Labute approximate surface area is 66.9 Å². The minimum atomic E-state index is -0.420. The molecular weight excluding hydrogens is 140 g/mol. The monoisotopic (exact) mass is 152 g/mol. The molecule has 0 amide bonds. The van der Waals surface area contributed by atoms with E-state index in [2.05, 4.69) is 16.6 Å². The summed E-state index contributed by atoms with van der Waals surface area (Å²) in [5.41, 5.74) is 0. The molecule has 0 aromatic carbocycles. The quantitative estimate of drug-likeness (QED) is 0.297. The lowest BCUT2D eigenvalue weighted by Crippen LogP contribution is -1.96. The molecule has 11 heavy (non-hydrogen) atoms. The number of carbonyl (C=O) groups is 1. The summed E-state index contributed by atoms with van der Waals surface area (Å²) < 4.78 is 4.40. The third-order valence-corrected chi connectivity index (χ3v) is 1.92. The van der Waals surface area contributed by atoms with Crippen LogP contribution >= 0.6 is 0 Å². The first kappa shape index (κ1) is 8.13. The minimum Gasteiger partial charge on any atom is -0.459 e. The average Bonchev–Trinajstić information content (AvgIpc) is 2.52. The number of methoxy groups -OCH3 is 1. The van der Waals surface area contributed by atoms with Crippen LogP contribution in [0.4, 0.5) is 0 Å². The lowest BCUT2D eigenvalue weighted by molar-refractivity contribution is -0.133. The van der Waals surface area contributed by atoms with Crippen LogP contribution < -0.4 is 0 Å². The van der Waals surface area contributed by atoms with E-state index in [1.165, 1.54) is 20.0 Å². The Morgan fingerprint density at radius 2 is 2.09 bits per heavy atom. The smallest absolute Gasteiger partial charge is 0.384 e. The standard InChI is InChI=1S/C9H12O2/c1-11-9(10)7-6-8-4-2-3-5-8/h8H,2-5H2,1H3. The highest BCUT2D eigenvalue weighted by Crippen LogP contribution is 2.23. The normalized spacial score (nSPS) is 17.2. The summed E-state index contributed by atoms with van der Waals surface area (Å²) in [4.78, 5) is 10.6. The summed E-state index contributed by atoms with van der Waals surface area (Å²) in [5.74, 6) is 5.39. The summed E-state index contributed by atoms with van der Waals surface area (Å²) >= 11 is 0. The molecule has 60 valence electrons. The zero-order valence-corrected chi connectivity index (χ0v) is 6.72. The van der Waals surface area contributed by atoms with E-state index in [4.69, 9.17) is 0 Å². The Balaban J connectivity index is 2.36. The summed E-state index contributed by atoms with van der Waals surface area (Å²) in [5, 5.41) is 0. The molecule has 2 nitrogen and oxygen atoms in total. The second-order valence-electron chi connectivity index (χ2n) is 2.74. The van der Waals surface area contributed by atoms with E-state index in [0.29, 0.717) is 5.92 Å². The maximum Gasteiger partial charge on any atom is 0.384 e. The number of carbonyl (C=O) groups excluding carboxylic acids is 1. The molecule has 0 bridgehead atoms. The molecule has 0 aliphatic heterocycles. The molecule has 2 heteroatoms. The molecule has 0 heterocycles. The average molecular weight is 152 g/mol. The van der Waals surface area contributed by atoms with Gasteiger partial charge in [0, 0.05) is 11.8 Å². The zero-order valence-electron chi connectivity index (χ0n) is 6.72. The van der Waals surface area contributed by atoms with Gasteiger partial charge in [0.05, 0.1) is 7.11 Å². The van der Waals surface area contributed by atoms with Gasteiger partial charge < -0.3 is 4.74 Å². The summed E-state index contributed by atoms with van der Waals surface area (Å²) in [7, 11) is 1.35. The minimum absolute atomic E-state index is 0.420. The molecule has 1 aliphatic rings. The van der Waals surface area contributed by atoms with Crippen molar-refractivity contribution in [3.05, 3.63) is 0 Å². The van der Waals surface area contributed by atoms with E-state index < -0.39 is 5.97 Å². The van der Waals surface area contributed by atoms with Crippen LogP contribution in [0.1, 0.15) is 25.7 Å². The number of ether oxygens (including phenoxy) is 1. The highest BCUT2D eigenvalue weighted by atomic mass is 16.5. The molecule has 0 atom stereocenters. The third-order valence-electron chi connectivity index (χ3n) is 1.92. The van der Waals surface area contributed by atoms with Gasteiger partial charge in [-0.1, -0.05) is 18.8 Å². The van der Waals surface area contributed by atoms with Crippen molar-refractivity contribution < 1.29 is 9.53 Å². The van der Waals surface area contributed by atoms with Gasteiger partial charge in [0.1, 0.15) is 0 Å². The Morgan fingerprint density at radius 1 is 1.45 bits per heavy atom. The van der Waals surface area contributed by atoms with Gasteiger partial charge in [-0.15, -0.1) is 0 Å². The van der Waals surface area contributed by atoms with Gasteiger partial charge in [0.25, 0.3) is 0 Å². The van der Waals surface area contributed by atoms with Gasteiger partial charge in [-0.2, -0.15) is 0 Å². The predicted molar refractivity (Wildman–Crippen MR) is 41.8 cm³/mol. The first-order chi connectivity index (χ1) is 5.33. The molecular formula is C9H12O2. The van der Waals surface area contributed by atoms with Gasteiger partial charge in [-0.05, 0) is 12.8 Å². The Hall–Kier alpha value is -0.970.